The number of hydrogen-bond acceptors (Lipinski definition) is 3. The van der Waals surface area contributed by atoms with Crippen LogP contribution in [0.15, 0.2) is 0 Å². The summed E-state index contributed by atoms with van der Waals surface area (Å²) in [6, 6.07) is 0. The lowest BCUT2D eigenvalue weighted by molar-refractivity contribution is -0.132. The van der Waals surface area contributed by atoms with Gasteiger partial charge in [0, 0.05) is 0 Å². The second-order valence-electron chi connectivity index (χ2n) is 5.34. The van der Waals surface area contributed by atoms with Crippen LogP contribution in [0.1, 0.15) is 52.4 Å². The summed E-state index contributed by atoms with van der Waals surface area (Å²) in [6.07, 6.45) is 6.33. The largest absolute Gasteiger partial charge is 0.368 e. The Morgan fingerprint density at radius 3 is 2.06 bits per heavy atom. The Labute approximate surface area is 111 Å². The van der Waals surface area contributed by atoms with Crippen molar-refractivity contribution in [2.75, 3.05) is 26.2 Å². The Morgan fingerprint density at radius 1 is 1.17 bits per heavy atom. The first kappa shape index (κ1) is 15.4. The van der Waals surface area contributed by atoms with Gasteiger partial charge in [-0.25, -0.2) is 0 Å². The first-order valence-electron chi connectivity index (χ1n) is 7.43. The van der Waals surface area contributed by atoms with Crippen LogP contribution in [-0.2, 0) is 4.79 Å². The Hall–Kier alpha value is -0.610. The van der Waals surface area contributed by atoms with Gasteiger partial charge in [0.2, 0.25) is 5.91 Å². The molecule has 3 N–H and O–H groups in total. The van der Waals surface area contributed by atoms with Gasteiger partial charge >= 0.3 is 0 Å². The van der Waals surface area contributed by atoms with Crippen LogP contribution < -0.4 is 11.1 Å². The number of primary amides is 1. The number of amides is 1. The van der Waals surface area contributed by atoms with E-state index < -0.39 is 5.54 Å². The van der Waals surface area contributed by atoms with Crippen molar-refractivity contribution in [3.05, 3.63) is 0 Å². The lowest BCUT2D eigenvalue weighted by Gasteiger charge is -2.44. The van der Waals surface area contributed by atoms with Gasteiger partial charge in [0.15, 0.2) is 0 Å². The van der Waals surface area contributed by atoms with Crippen LogP contribution in [0.3, 0.4) is 0 Å². The van der Waals surface area contributed by atoms with Gasteiger partial charge in [0.25, 0.3) is 0 Å². The molecule has 0 radical (unpaired) electrons. The van der Waals surface area contributed by atoms with Gasteiger partial charge in [-0.15, -0.1) is 0 Å². The van der Waals surface area contributed by atoms with Crippen molar-refractivity contribution in [2.45, 2.75) is 57.9 Å². The van der Waals surface area contributed by atoms with E-state index in [1.165, 1.54) is 0 Å². The van der Waals surface area contributed by atoms with Crippen molar-refractivity contribution in [1.82, 2.24) is 10.2 Å². The zero-order valence-electron chi connectivity index (χ0n) is 12.0. The molecule has 1 aliphatic rings. The monoisotopic (exact) mass is 255 g/mol. The molecule has 18 heavy (non-hydrogen) atoms. The predicted molar refractivity (Wildman–Crippen MR) is 75.4 cm³/mol. The first-order valence-corrected chi connectivity index (χ1v) is 7.43. The molecule has 0 atom stereocenters. The number of unbranched alkanes of at least 4 members (excludes halogenated alkanes) is 2. The highest BCUT2D eigenvalue weighted by atomic mass is 16.1. The average molecular weight is 255 g/mol. The zero-order chi connectivity index (χ0) is 13.4. The Bertz CT molecular complexity index is 241. The van der Waals surface area contributed by atoms with E-state index >= 15 is 0 Å². The maximum atomic E-state index is 12.0. The van der Waals surface area contributed by atoms with Gasteiger partial charge in [-0.2, -0.15) is 0 Å². The van der Waals surface area contributed by atoms with Crippen molar-refractivity contribution in [2.24, 2.45) is 5.73 Å². The van der Waals surface area contributed by atoms with E-state index in [2.05, 4.69) is 24.1 Å². The van der Waals surface area contributed by atoms with Gasteiger partial charge in [-0.05, 0) is 51.9 Å². The summed E-state index contributed by atoms with van der Waals surface area (Å²) in [5.74, 6) is -0.129. The standard InChI is InChI=1S/C14H29N3O/c1-3-5-11-17(12-6-4-2)14(13(15)18)7-9-16-10-8-14/h16H,3-12H2,1-2H3,(H2,15,18). The molecule has 1 rings (SSSR count). The number of piperidine rings is 1. The number of nitrogens with two attached hydrogens (primary N) is 1. The summed E-state index contributed by atoms with van der Waals surface area (Å²) in [5, 5.41) is 3.33. The Kier molecular flexibility index (Phi) is 6.65. The molecule has 106 valence electrons. The normalized spacial score (nSPS) is 19.1. The molecule has 4 nitrogen and oxygen atoms in total. The second kappa shape index (κ2) is 7.74. The van der Waals surface area contributed by atoms with E-state index in [0.717, 1.165) is 64.7 Å². The molecule has 0 unspecified atom stereocenters. The Balaban J connectivity index is 2.77. The van der Waals surface area contributed by atoms with Gasteiger partial charge in [0.1, 0.15) is 5.54 Å². The summed E-state index contributed by atoms with van der Waals surface area (Å²) in [7, 11) is 0. The highest BCUT2D eigenvalue weighted by Gasteiger charge is 2.42. The predicted octanol–water partition coefficient (Wildman–Crippen LogP) is 1.50. The fourth-order valence-corrected chi connectivity index (χ4v) is 2.80. The molecular weight excluding hydrogens is 226 g/mol. The van der Waals surface area contributed by atoms with Gasteiger partial charge in [-0.3, -0.25) is 9.69 Å². The third-order valence-electron chi connectivity index (χ3n) is 4.06. The van der Waals surface area contributed by atoms with E-state index in [-0.39, 0.29) is 5.91 Å². The third kappa shape index (κ3) is 3.69. The first-order chi connectivity index (χ1) is 8.67. The zero-order valence-corrected chi connectivity index (χ0v) is 12.0. The minimum Gasteiger partial charge on any atom is -0.368 e. The number of hydrogen-bond donors (Lipinski definition) is 2. The van der Waals surface area contributed by atoms with E-state index in [4.69, 9.17) is 5.73 Å². The minimum atomic E-state index is -0.393. The summed E-state index contributed by atoms with van der Waals surface area (Å²) < 4.78 is 0. The molecule has 1 fully saturated rings. The van der Waals surface area contributed by atoms with Crippen LogP contribution in [0.4, 0.5) is 0 Å². The molecular formula is C14H29N3O. The van der Waals surface area contributed by atoms with E-state index in [1.54, 1.807) is 0 Å². The van der Waals surface area contributed by atoms with Gasteiger partial charge in [-0.1, -0.05) is 26.7 Å². The summed E-state index contributed by atoms with van der Waals surface area (Å²) in [6.45, 7) is 8.18. The molecule has 0 spiro atoms. The van der Waals surface area contributed by atoms with Crippen molar-refractivity contribution < 1.29 is 4.79 Å². The van der Waals surface area contributed by atoms with Crippen LogP contribution in [0.2, 0.25) is 0 Å². The summed E-state index contributed by atoms with van der Waals surface area (Å²) in [4.78, 5) is 14.4. The molecule has 1 saturated heterocycles. The van der Waals surface area contributed by atoms with Crippen LogP contribution >= 0.6 is 0 Å². The molecule has 0 aromatic carbocycles. The topological polar surface area (TPSA) is 58.4 Å². The molecule has 0 saturated carbocycles. The number of carbonyl (C=O) groups excluding carboxylic acids is 1. The van der Waals surface area contributed by atoms with Crippen molar-refractivity contribution in [3.8, 4) is 0 Å². The lowest BCUT2D eigenvalue weighted by atomic mass is 9.85. The van der Waals surface area contributed by atoms with Crippen molar-refractivity contribution >= 4 is 5.91 Å². The summed E-state index contributed by atoms with van der Waals surface area (Å²) >= 11 is 0. The maximum Gasteiger partial charge on any atom is 0.238 e. The van der Waals surface area contributed by atoms with Crippen LogP contribution in [0, 0.1) is 0 Å². The molecule has 1 heterocycles. The van der Waals surface area contributed by atoms with Gasteiger partial charge < -0.3 is 11.1 Å². The van der Waals surface area contributed by atoms with Crippen molar-refractivity contribution in [1.29, 1.82) is 0 Å². The quantitative estimate of drug-likeness (QED) is 0.691. The average Bonchev–Trinajstić information content (AvgIpc) is 2.39. The number of carbonyl (C=O) groups is 1. The number of nitrogens with zero attached hydrogens (tertiary/aromatic N) is 1. The lowest BCUT2D eigenvalue weighted by Crippen LogP contribution is -2.62. The Morgan fingerprint density at radius 2 is 1.67 bits per heavy atom. The van der Waals surface area contributed by atoms with Crippen LogP contribution in [0.5, 0.6) is 0 Å². The SMILES string of the molecule is CCCCN(CCCC)C1(C(N)=O)CCNCC1. The molecule has 0 aliphatic carbocycles. The van der Waals surface area contributed by atoms with Gasteiger partial charge in [0.05, 0.1) is 0 Å². The highest BCUT2D eigenvalue weighted by molar-refractivity contribution is 5.84. The van der Waals surface area contributed by atoms with E-state index in [1.807, 2.05) is 0 Å². The molecule has 1 aliphatic heterocycles. The number of rotatable bonds is 8. The van der Waals surface area contributed by atoms with Crippen molar-refractivity contribution in [3.63, 3.8) is 0 Å². The molecule has 0 aromatic rings. The molecule has 0 aromatic heterocycles. The van der Waals surface area contributed by atoms with E-state index in [9.17, 15) is 4.79 Å². The van der Waals surface area contributed by atoms with Crippen LogP contribution in [-0.4, -0.2) is 42.5 Å². The molecule has 1 amide bonds. The third-order valence-corrected chi connectivity index (χ3v) is 4.06. The fourth-order valence-electron chi connectivity index (χ4n) is 2.80. The van der Waals surface area contributed by atoms with E-state index in [0.29, 0.717) is 0 Å². The summed E-state index contributed by atoms with van der Waals surface area (Å²) in [5.41, 5.74) is 5.34. The molecule has 0 bridgehead atoms. The van der Waals surface area contributed by atoms with Crippen LogP contribution in [0.25, 0.3) is 0 Å². The molecule has 4 heteroatoms. The minimum absolute atomic E-state index is 0.129. The highest BCUT2D eigenvalue weighted by Crippen LogP contribution is 2.27. The maximum absolute atomic E-state index is 12.0. The fraction of sp³-hybridized carbons (Fsp3) is 0.929. The smallest absolute Gasteiger partial charge is 0.238 e. The second-order valence-corrected chi connectivity index (χ2v) is 5.34. The number of nitrogens with one attached hydrogen (secondary N) is 1.